The van der Waals surface area contributed by atoms with Gasteiger partial charge in [0.2, 0.25) is 0 Å². The summed E-state index contributed by atoms with van der Waals surface area (Å²) in [4.78, 5) is 10.4. The first-order valence-electron chi connectivity index (χ1n) is 7.06. The molecule has 0 aromatic heterocycles. The maximum absolute atomic E-state index is 10.9. The molecule has 0 bridgehead atoms. The maximum atomic E-state index is 10.9. The zero-order valence-electron chi connectivity index (χ0n) is 12.7. The molecule has 2 rings (SSSR count). The van der Waals surface area contributed by atoms with Crippen molar-refractivity contribution in [2.45, 2.75) is 6.42 Å². The van der Waals surface area contributed by atoms with Crippen LogP contribution in [-0.4, -0.2) is 24.4 Å². The number of anilines is 1. The van der Waals surface area contributed by atoms with Crippen molar-refractivity contribution >= 4 is 11.5 Å². The summed E-state index contributed by atoms with van der Waals surface area (Å²) in [6.07, 6.45) is 0.0840. The van der Waals surface area contributed by atoms with E-state index in [-0.39, 0.29) is 18.8 Å². The van der Waals surface area contributed by atoms with Crippen molar-refractivity contribution in [1.82, 2.24) is 0 Å². The topological polar surface area (TPSA) is 103 Å². The van der Waals surface area contributed by atoms with Crippen LogP contribution in [0.5, 0.6) is 5.75 Å². The largest absolute Gasteiger partial charge is 0.494 e. The number of methoxy groups -OCH3 is 1. The van der Waals surface area contributed by atoms with E-state index in [1.165, 1.54) is 7.11 Å². The van der Waals surface area contributed by atoms with Crippen LogP contribution < -0.4 is 15.9 Å². The van der Waals surface area contributed by atoms with Gasteiger partial charge in [0.05, 0.1) is 18.6 Å². The lowest BCUT2D eigenvalue weighted by atomic mass is 10.1. The van der Waals surface area contributed by atoms with E-state index in [1.807, 2.05) is 42.5 Å². The van der Waals surface area contributed by atoms with Gasteiger partial charge >= 0.3 is 5.84 Å². The standard InChI is InChI=1S/C16H18N4O3/c1-23-15-8-7-13(12-5-3-2-4-6-12)11-14(15)18-19-16(9-10-17)20(21)22/h2-8,11,18H,9-10,17H2,1H3/b19-16+. The van der Waals surface area contributed by atoms with Gasteiger partial charge in [0, 0.05) is 6.54 Å². The summed E-state index contributed by atoms with van der Waals surface area (Å²) >= 11 is 0. The van der Waals surface area contributed by atoms with Gasteiger partial charge in [-0.25, -0.2) is 0 Å². The van der Waals surface area contributed by atoms with Crippen LogP contribution in [0.3, 0.4) is 0 Å². The number of nitrogens with two attached hydrogens (primary N) is 1. The van der Waals surface area contributed by atoms with Crippen molar-refractivity contribution in [3.63, 3.8) is 0 Å². The Balaban J connectivity index is 2.33. The van der Waals surface area contributed by atoms with E-state index in [2.05, 4.69) is 10.5 Å². The summed E-state index contributed by atoms with van der Waals surface area (Å²) in [6, 6.07) is 15.3. The molecule has 23 heavy (non-hydrogen) atoms. The smallest absolute Gasteiger partial charge is 0.365 e. The van der Waals surface area contributed by atoms with Crippen molar-refractivity contribution in [3.05, 3.63) is 58.6 Å². The van der Waals surface area contributed by atoms with Crippen LogP contribution in [0.15, 0.2) is 53.6 Å². The van der Waals surface area contributed by atoms with Crippen molar-refractivity contribution in [2.24, 2.45) is 10.8 Å². The molecule has 0 saturated carbocycles. The minimum atomic E-state index is -0.548. The first-order valence-corrected chi connectivity index (χ1v) is 7.06. The highest BCUT2D eigenvalue weighted by Crippen LogP contribution is 2.30. The number of amidine groups is 1. The van der Waals surface area contributed by atoms with Gasteiger partial charge in [-0.2, -0.15) is 5.43 Å². The fourth-order valence-corrected chi connectivity index (χ4v) is 2.05. The predicted octanol–water partition coefficient (Wildman–Crippen LogP) is 2.71. The number of benzene rings is 2. The molecule has 7 heteroatoms. The minimum absolute atomic E-state index is 0.0840. The SMILES string of the molecule is COc1ccc(-c2ccccc2)cc1N/N=C(\CCN)[N+](=O)[O-]. The Labute approximate surface area is 133 Å². The number of nitrogens with zero attached hydrogens (tertiary/aromatic N) is 2. The maximum Gasteiger partial charge on any atom is 0.365 e. The van der Waals surface area contributed by atoms with Crippen LogP contribution in [0.1, 0.15) is 6.42 Å². The molecule has 2 aromatic carbocycles. The molecule has 7 nitrogen and oxygen atoms in total. The lowest BCUT2D eigenvalue weighted by Crippen LogP contribution is -2.18. The number of hydrogen-bond donors (Lipinski definition) is 2. The Morgan fingerprint density at radius 3 is 2.61 bits per heavy atom. The van der Waals surface area contributed by atoms with Crippen molar-refractivity contribution in [3.8, 4) is 16.9 Å². The molecule has 0 fully saturated rings. The van der Waals surface area contributed by atoms with E-state index in [1.54, 1.807) is 6.07 Å². The van der Waals surface area contributed by atoms with Gasteiger partial charge in [0.25, 0.3) is 0 Å². The molecule has 0 aliphatic heterocycles. The molecule has 0 radical (unpaired) electrons. The van der Waals surface area contributed by atoms with Gasteiger partial charge in [-0.3, -0.25) is 0 Å². The van der Waals surface area contributed by atoms with Gasteiger partial charge in [-0.1, -0.05) is 36.4 Å². The molecule has 0 spiro atoms. The summed E-state index contributed by atoms with van der Waals surface area (Å²) < 4.78 is 5.26. The van der Waals surface area contributed by atoms with E-state index in [0.717, 1.165) is 11.1 Å². The zero-order chi connectivity index (χ0) is 16.7. The van der Waals surface area contributed by atoms with Gasteiger partial charge in [-0.15, -0.1) is 0 Å². The van der Waals surface area contributed by atoms with E-state index < -0.39 is 4.92 Å². The Kier molecular flexibility index (Phi) is 5.65. The quantitative estimate of drug-likeness (QED) is 0.369. The van der Waals surface area contributed by atoms with Gasteiger partial charge < -0.3 is 20.6 Å². The summed E-state index contributed by atoms with van der Waals surface area (Å²) in [7, 11) is 1.53. The summed E-state index contributed by atoms with van der Waals surface area (Å²) in [5.41, 5.74) is 10.6. The molecule has 0 saturated heterocycles. The van der Waals surface area contributed by atoms with Crippen LogP contribution in [0, 0.1) is 10.1 Å². The van der Waals surface area contributed by atoms with Crippen LogP contribution in [0.25, 0.3) is 11.1 Å². The number of rotatable bonds is 6. The van der Waals surface area contributed by atoms with E-state index in [0.29, 0.717) is 11.4 Å². The predicted molar refractivity (Wildman–Crippen MR) is 90.2 cm³/mol. The number of nitrogens with one attached hydrogen (secondary N) is 1. The summed E-state index contributed by atoms with van der Waals surface area (Å²) in [6.45, 7) is 0.155. The fourth-order valence-electron chi connectivity index (χ4n) is 2.05. The van der Waals surface area contributed by atoms with E-state index >= 15 is 0 Å². The number of hydrogen-bond acceptors (Lipinski definition) is 6. The highest BCUT2D eigenvalue weighted by atomic mass is 16.6. The first-order chi connectivity index (χ1) is 11.2. The molecule has 0 aliphatic carbocycles. The fraction of sp³-hybridized carbons (Fsp3) is 0.188. The van der Waals surface area contributed by atoms with Gasteiger partial charge in [0.15, 0.2) is 0 Å². The van der Waals surface area contributed by atoms with Crippen molar-refractivity contribution < 1.29 is 9.66 Å². The lowest BCUT2D eigenvalue weighted by Gasteiger charge is -2.08. The zero-order valence-corrected chi connectivity index (χ0v) is 12.7. The Bertz CT molecular complexity index is 702. The molecule has 0 aliphatic rings. The van der Waals surface area contributed by atoms with Gasteiger partial charge in [0.1, 0.15) is 11.4 Å². The Morgan fingerprint density at radius 1 is 1.26 bits per heavy atom. The molecular weight excluding hydrogens is 296 g/mol. The third kappa shape index (κ3) is 4.27. The highest BCUT2D eigenvalue weighted by molar-refractivity contribution is 5.77. The monoisotopic (exact) mass is 314 g/mol. The third-order valence-corrected chi connectivity index (χ3v) is 3.19. The second-order valence-electron chi connectivity index (χ2n) is 4.72. The molecular formula is C16H18N4O3. The van der Waals surface area contributed by atoms with E-state index in [9.17, 15) is 10.1 Å². The summed E-state index contributed by atoms with van der Waals surface area (Å²) in [5, 5.41) is 14.7. The minimum Gasteiger partial charge on any atom is -0.494 e. The molecule has 3 N–H and O–H groups in total. The van der Waals surface area contributed by atoms with E-state index in [4.69, 9.17) is 10.5 Å². The normalized spacial score (nSPS) is 11.1. The molecule has 120 valence electrons. The van der Waals surface area contributed by atoms with Crippen molar-refractivity contribution in [2.75, 3.05) is 19.1 Å². The van der Waals surface area contributed by atoms with Crippen LogP contribution in [-0.2, 0) is 0 Å². The second-order valence-corrected chi connectivity index (χ2v) is 4.72. The molecule has 0 unspecified atom stereocenters. The highest BCUT2D eigenvalue weighted by Gasteiger charge is 2.13. The van der Waals surface area contributed by atoms with Crippen molar-refractivity contribution in [1.29, 1.82) is 0 Å². The van der Waals surface area contributed by atoms with Crippen LogP contribution in [0.4, 0.5) is 5.69 Å². The average Bonchev–Trinajstić information content (AvgIpc) is 2.58. The van der Waals surface area contributed by atoms with Gasteiger partial charge in [-0.05, 0) is 28.2 Å². The Hall–Kier alpha value is -2.93. The molecule has 0 heterocycles. The summed E-state index contributed by atoms with van der Waals surface area (Å²) in [5.74, 6) is 0.323. The average molecular weight is 314 g/mol. The molecule has 0 atom stereocenters. The van der Waals surface area contributed by atoms with Crippen LogP contribution >= 0.6 is 0 Å². The van der Waals surface area contributed by atoms with Crippen LogP contribution in [0.2, 0.25) is 0 Å². The molecule has 0 amide bonds. The Morgan fingerprint density at radius 2 is 2.00 bits per heavy atom. The molecule has 2 aromatic rings. The second kappa shape index (κ2) is 7.90. The number of ether oxygens (including phenoxy) is 1. The lowest BCUT2D eigenvalue weighted by molar-refractivity contribution is -0.353. The number of hydrazone groups is 1. The third-order valence-electron chi connectivity index (χ3n) is 3.19. The number of nitro groups is 1. The first kappa shape index (κ1) is 16.4.